The van der Waals surface area contributed by atoms with Gasteiger partial charge < -0.3 is 10.2 Å². The van der Waals surface area contributed by atoms with Crippen LogP contribution in [0.3, 0.4) is 0 Å². The van der Waals surface area contributed by atoms with Gasteiger partial charge in [-0.25, -0.2) is 0 Å². The topological polar surface area (TPSA) is 15.3 Å². The van der Waals surface area contributed by atoms with Gasteiger partial charge in [0.15, 0.2) is 0 Å². The van der Waals surface area contributed by atoms with E-state index in [0.29, 0.717) is 12.1 Å². The van der Waals surface area contributed by atoms with E-state index in [0.717, 1.165) is 0 Å². The van der Waals surface area contributed by atoms with E-state index < -0.39 is 0 Å². The van der Waals surface area contributed by atoms with Crippen molar-refractivity contribution in [3.8, 4) is 0 Å². The van der Waals surface area contributed by atoms with E-state index in [1.54, 1.807) is 11.1 Å². The minimum absolute atomic E-state index is 0.561. The highest BCUT2D eigenvalue weighted by atomic mass is 15.2. The number of rotatable bonds is 4. The van der Waals surface area contributed by atoms with Crippen LogP contribution in [0.25, 0.3) is 0 Å². The van der Waals surface area contributed by atoms with Gasteiger partial charge in [-0.1, -0.05) is 30.7 Å². The number of hydrogen-bond donors (Lipinski definition) is 1. The molecule has 0 amide bonds. The molecule has 1 fully saturated rings. The molecule has 2 atom stereocenters. The van der Waals surface area contributed by atoms with Crippen LogP contribution < -0.4 is 5.32 Å². The number of fused-ring (bicyclic) bond motifs is 1. The molecule has 1 aliphatic carbocycles. The molecule has 0 bridgehead atoms. The van der Waals surface area contributed by atoms with Crippen LogP contribution in [-0.4, -0.2) is 30.6 Å². The van der Waals surface area contributed by atoms with E-state index in [1.165, 1.54) is 58.2 Å². The van der Waals surface area contributed by atoms with Gasteiger partial charge in [-0.2, -0.15) is 0 Å². The van der Waals surface area contributed by atoms with Gasteiger partial charge in [-0.15, -0.1) is 0 Å². The molecule has 1 N–H and O–H groups in total. The minimum atomic E-state index is 0.561. The fourth-order valence-corrected chi connectivity index (χ4v) is 3.84. The number of benzene rings is 1. The van der Waals surface area contributed by atoms with Gasteiger partial charge in [0.2, 0.25) is 0 Å². The Kier molecular flexibility index (Phi) is 4.74. The van der Waals surface area contributed by atoms with Crippen molar-refractivity contribution in [3.63, 3.8) is 0 Å². The molecule has 0 aromatic heterocycles. The fourth-order valence-electron chi connectivity index (χ4n) is 3.84. The molecular weight excluding hydrogens is 244 g/mol. The second-order valence-corrected chi connectivity index (χ2v) is 6.57. The number of nitrogens with zero attached hydrogens (tertiary/aromatic N) is 1. The van der Waals surface area contributed by atoms with Crippen LogP contribution in [0, 0.1) is 0 Å². The maximum atomic E-state index is 3.90. The smallest absolute Gasteiger partial charge is 0.0325 e. The molecule has 0 radical (unpaired) electrons. The van der Waals surface area contributed by atoms with Crippen LogP contribution in [-0.2, 0) is 6.42 Å². The molecule has 3 rings (SSSR count). The Labute approximate surface area is 123 Å². The molecule has 2 nitrogen and oxygen atoms in total. The highest BCUT2D eigenvalue weighted by molar-refractivity contribution is 5.31. The first-order chi connectivity index (χ1) is 9.83. The van der Waals surface area contributed by atoms with Crippen molar-refractivity contribution < 1.29 is 0 Å². The third kappa shape index (κ3) is 3.42. The van der Waals surface area contributed by atoms with E-state index in [1.807, 2.05) is 0 Å². The van der Waals surface area contributed by atoms with Gasteiger partial charge in [-0.3, -0.25) is 0 Å². The summed E-state index contributed by atoms with van der Waals surface area (Å²) in [6.45, 7) is 6.16. The normalized spacial score (nSPS) is 25.1. The third-order valence-corrected chi connectivity index (χ3v) is 4.84. The van der Waals surface area contributed by atoms with Crippen molar-refractivity contribution in [2.45, 2.75) is 57.5 Å². The van der Waals surface area contributed by atoms with Crippen molar-refractivity contribution in [2.75, 3.05) is 19.6 Å². The van der Waals surface area contributed by atoms with Crippen LogP contribution in [0.1, 0.15) is 56.2 Å². The summed E-state index contributed by atoms with van der Waals surface area (Å²) in [7, 11) is 0. The Morgan fingerprint density at radius 3 is 2.80 bits per heavy atom. The zero-order valence-electron chi connectivity index (χ0n) is 12.8. The largest absolute Gasteiger partial charge is 0.306 e. The fraction of sp³-hybridized carbons (Fsp3) is 0.667. The average molecular weight is 272 g/mol. The van der Waals surface area contributed by atoms with Gasteiger partial charge in [-0.05, 0) is 63.2 Å². The second-order valence-electron chi connectivity index (χ2n) is 6.57. The van der Waals surface area contributed by atoms with Crippen molar-refractivity contribution >= 4 is 0 Å². The summed E-state index contributed by atoms with van der Waals surface area (Å²) in [5, 5.41) is 3.90. The lowest BCUT2D eigenvalue weighted by Gasteiger charge is -2.27. The van der Waals surface area contributed by atoms with E-state index >= 15 is 0 Å². The molecular formula is C18H28N2. The van der Waals surface area contributed by atoms with Gasteiger partial charge in [0.1, 0.15) is 0 Å². The summed E-state index contributed by atoms with van der Waals surface area (Å²) in [4.78, 5) is 2.61. The van der Waals surface area contributed by atoms with Gasteiger partial charge in [0.25, 0.3) is 0 Å². The predicted octanol–water partition coefficient (Wildman–Crippen LogP) is 3.53. The molecule has 1 saturated heterocycles. The summed E-state index contributed by atoms with van der Waals surface area (Å²) in [6.07, 6.45) is 8.02. The van der Waals surface area contributed by atoms with Gasteiger partial charge in [0, 0.05) is 18.6 Å². The Morgan fingerprint density at radius 2 is 1.95 bits per heavy atom. The number of hydrogen-bond acceptors (Lipinski definition) is 2. The Morgan fingerprint density at radius 1 is 1.15 bits per heavy atom. The number of aryl methyl sites for hydroxylation is 1. The lowest BCUT2D eigenvalue weighted by atomic mass is 9.98. The van der Waals surface area contributed by atoms with E-state index in [9.17, 15) is 0 Å². The summed E-state index contributed by atoms with van der Waals surface area (Å²) < 4.78 is 0. The first kappa shape index (κ1) is 14.1. The molecule has 1 heterocycles. The predicted molar refractivity (Wildman–Crippen MR) is 85.0 cm³/mol. The van der Waals surface area contributed by atoms with Crippen LogP contribution in [0.4, 0.5) is 0 Å². The summed E-state index contributed by atoms with van der Waals surface area (Å²) >= 11 is 0. The van der Waals surface area contributed by atoms with Gasteiger partial charge in [0.05, 0.1) is 0 Å². The standard InChI is InChI=1S/C18H28N2/c1-15(14-20-12-6-7-13-20)19-18-11-5-3-9-16-8-2-4-10-17(16)18/h2,4,8,10,15,18-19H,3,5-7,9,11-14H2,1H3. The molecule has 0 spiro atoms. The van der Waals surface area contributed by atoms with E-state index in [2.05, 4.69) is 41.4 Å². The van der Waals surface area contributed by atoms with Crippen molar-refractivity contribution in [1.82, 2.24) is 10.2 Å². The summed E-state index contributed by atoms with van der Waals surface area (Å²) in [6, 6.07) is 10.2. The highest BCUT2D eigenvalue weighted by Crippen LogP contribution is 2.28. The first-order valence-electron chi connectivity index (χ1n) is 8.39. The molecule has 2 heteroatoms. The van der Waals surface area contributed by atoms with E-state index in [-0.39, 0.29) is 0 Å². The highest BCUT2D eigenvalue weighted by Gasteiger charge is 2.21. The molecule has 2 aliphatic rings. The summed E-state index contributed by atoms with van der Waals surface area (Å²) in [5.74, 6) is 0. The SMILES string of the molecule is CC(CN1CCCC1)NC1CCCCc2ccccc21. The molecule has 20 heavy (non-hydrogen) atoms. The van der Waals surface area contributed by atoms with Crippen molar-refractivity contribution in [2.24, 2.45) is 0 Å². The average Bonchev–Trinajstić information content (AvgIpc) is 2.87. The molecule has 1 aromatic carbocycles. The quantitative estimate of drug-likeness (QED) is 0.844. The monoisotopic (exact) mass is 272 g/mol. The van der Waals surface area contributed by atoms with E-state index in [4.69, 9.17) is 0 Å². The molecule has 1 aromatic rings. The van der Waals surface area contributed by atoms with Crippen LogP contribution in [0.5, 0.6) is 0 Å². The minimum Gasteiger partial charge on any atom is -0.306 e. The zero-order valence-corrected chi connectivity index (χ0v) is 12.8. The first-order valence-corrected chi connectivity index (χ1v) is 8.39. The maximum Gasteiger partial charge on any atom is 0.0325 e. The lowest BCUT2D eigenvalue weighted by molar-refractivity contribution is 0.282. The van der Waals surface area contributed by atoms with Crippen LogP contribution in [0.2, 0.25) is 0 Å². The molecule has 2 unspecified atom stereocenters. The third-order valence-electron chi connectivity index (χ3n) is 4.84. The number of likely N-dealkylation sites (tertiary alicyclic amines) is 1. The van der Waals surface area contributed by atoms with Gasteiger partial charge >= 0.3 is 0 Å². The Bertz CT molecular complexity index is 423. The van der Waals surface area contributed by atoms with Crippen LogP contribution in [0.15, 0.2) is 24.3 Å². The lowest BCUT2D eigenvalue weighted by Crippen LogP contribution is -2.39. The Balaban J connectivity index is 1.63. The molecule has 0 saturated carbocycles. The van der Waals surface area contributed by atoms with Crippen molar-refractivity contribution in [3.05, 3.63) is 35.4 Å². The Hall–Kier alpha value is -0.860. The van der Waals surface area contributed by atoms with Crippen molar-refractivity contribution in [1.29, 1.82) is 0 Å². The van der Waals surface area contributed by atoms with Crippen LogP contribution >= 0.6 is 0 Å². The second kappa shape index (κ2) is 6.73. The molecule has 110 valence electrons. The zero-order chi connectivity index (χ0) is 13.8. The summed E-state index contributed by atoms with van der Waals surface area (Å²) in [5.41, 5.74) is 3.12. The molecule has 1 aliphatic heterocycles. The maximum absolute atomic E-state index is 3.90. The number of nitrogens with one attached hydrogen (secondary N) is 1.